The molecule has 0 saturated heterocycles. The van der Waals surface area contributed by atoms with Crippen LogP contribution in [0.5, 0.6) is 0 Å². The van der Waals surface area contributed by atoms with E-state index in [1.54, 1.807) is 6.07 Å². The third-order valence-corrected chi connectivity index (χ3v) is 5.99. The van der Waals surface area contributed by atoms with Gasteiger partial charge in [0.1, 0.15) is 11.5 Å². The first kappa shape index (κ1) is 24.1. The molecule has 0 radical (unpaired) electrons. The Kier molecular flexibility index (Phi) is 6.25. The highest BCUT2D eigenvalue weighted by molar-refractivity contribution is 7.88. The summed E-state index contributed by atoms with van der Waals surface area (Å²) < 4.78 is 131. The standard InChI is InChI=1S/C16H14F6O6S2/c1-14(10-11-6-3-2-4-7-11)12(27-29(23,24)15(17,18)19)8-5-9-13(14)28-30(25,26)16(20,21)22/h2-4,6-9H,5,10H2,1H3. The van der Waals surface area contributed by atoms with E-state index in [2.05, 4.69) is 8.37 Å². The van der Waals surface area contributed by atoms with Gasteiger partial charge in [-0.15, -0.1) is 0 Å². The molecule has 0 fully saturated rings. The minimum atomic E-state index is -6.18. The Labute approximate surface area is 168 Å². The second kappa shape index (κ2) is 7.80. The van der Waals surface area contributed by atoms with Crippen LogP contribution in [0.25, 0.3) is 0 Å². The molecule has 0 heterocycles. The van der Waals surface area contributed by atoms with E-state index in [0.717, 1.165) is 19.1 Å². The summed E-state index contributed by atoms with van der Waals surface area (Å²) in [7, 11) is -12.4. The zero-order valence-corrected chi connectivity index (χ0v) is 16.6. The van der Waals surface area contributed by atoms with Gasteiger partial charge >= 0.3 is 31.3 Å². The van der Waals surface area contributed by atoms with Crippen LogP contribution in [-0.2, 0) is 35.0 Å². The molecule has 6 nitrogen and oxygen atoms in total. The maximum absolute atomic E-state index is 12.8. The second-order valence-corrected chi connectivity index (χ2v) is 9.41. The van der Waals surface area contributed by atoms with Gasteiger partial charge in [-0.1, -0.05) is 30.3 Å². The van der Waals surface area contributed by atoms with Gasteiger partial charge in [-0.05, 0) is 37.5 Å². The molecule has 1 aromatic carbocycles. The number of hydrogen-bond acceptors (Lipinski definition) is 6. The molecular formula is C16H14F6O6S2. The number of benzene rings is 1. The van der Waals surface area contributed by atoms with Gasteiger partial charge in [0.05, 0.1) is 5.41 Å². The molecule has 0 N–H and O–H groups in total. The molecule has 0 amide bonds. The Bertz CT molecular complexity index is 992. The lowest BCUT2D eigenvalue weighted by Gasteiger charge is -2.35. The van der Waals surface area contributed by atoms with Crippen LogP contribution in [0.3, 0.4) is 0 Å². The Balaban J connectivity index is 2.53. The Hall–Kier alpha value is -2.22. The van der Waals surface area contributed by atoms with E-state index in [4.69, 9.17) is 0 Å². The summed E-state index contributed by atoms with van der Waals surface area (Å²) in [4.78, 5) is 0. The van der Waals surface area contributed by atoms with E-state index >= 15 is 0 Å². The first-order valence-electron chi connectivity index (χ1n) is 7.96. The maximum Gasteiger partial charge on any atom is 0.534 e. The first-order valence-corrected chi connectivity index (χ1v) is 10.8. The molecular weight excluding hydrogens is 466 g/mol. The molecule has 1 aromatic rings. The van der Waals surface area contributed by atoms with Gasteiger partial charge in [-0.3, -0.25) is 0 Å². The summed E-state index contributed by atoms with van der Waals surface area (Å²) in [5.41, 5.74) is -13.4. The molecule has 0 saturated carbocycles. The molecule has 1 aliphatic rings. The van der Waals surface area contributed by atoms with Crippen molar-refractivity contribution < 1.29 is 51.5 Å². The summed E-state index contributed by atoms with van der Waals surface area (Å²) in [5, 5.41) is 0. The fourth-order valence-electron chi connectivity index (χ4n) is 2.61. The van der Waals surface area contributed by atoms with Crippen LogP contribution in [-0.4, -0.2) is 27.9 Å². The van der Waals surface area contributed by atoms with E-state index in [1.807, 2.05) is 0 Å². The van der Waals surface area contributed by atoms with Crippen molar-refractivity contribution in [2.24, 2.45) is 5.41 Å². The predicted octanol–water partition coefficient (Wildman–Crippen LogP) is 4.14. The smallest absolute Gasteiger partial charge is 0.380 e. The fraction of sp³-hybridized carbons (Fsp3) is 0.375. The molecule has 14 heteroatoms. The highest BCUT2D eigenvalue weighted by Gasteiger charge is 2.54. The van der Waals surface area contributed by atoms with E-state index in [0.29, 0.717) is 5.56 Å². The van der Waals surface area contributed by atoms with E-state index in [-0.39, 0.29) is 0 Å². The van der Waals surface area contributed by atoms with Crippen molar-refractivity contribution in [2.75, 3.05) is 0 Å². The van der Waals surface area contributed by atoms with Crippen molar-refractivity contribution in [3.05, 3.63) is 59.6 Å². The first-order chi connectivity index (χ1) is 13.5. The lowest BCUT2D eigenvalue weighted by atomic mass is 9.77. The molecule has 0 atom stereocenters. The van der Waals surface area contributed by atoms with Gasteiger partial charge in [0, 0.05) is 0 Å². The lowest BCUT2D eigenvalue weighted by molar-refractivity contribution is -0.0546. The van der Waals surface area contributed by atoms with Crippen molar-refractivity contribution >= 4 is 20.2 Å². The number of rotatable bonds is 6. The minimum absolute atomic E-state index is 0.333. The summed E-state index contributed by atoms with van der Waals surface area (Å²) in [6, 6.07) is 7.50. The fourth-order valence-corrected chi connectivity index (χ4v) is 3.77. The van der Waals surface area contributed by atoms with E-state index in [9.17, 15) is 43.2 Å². The average Bonchev–Trinajstić information content (AvgIpc) is 2.57. The van der Waals surface area contributed by atoms with Crippen molar-refractivity contribution in [3.63, 3.8) is 0 Å². The molecule has 0 aromatic heterocycles. The molecule has 0 aliphatic heterocycles. The second-order valence-electron chi connectivity index (χ2n) is 6.33. The number of hydrogen-bond donors (Lipinski definition) is 0. The van der Waals surface area contributed by atoms with E-state index in [1.165, 1.54) is 24.3 Å². The molecule has 0 spiro atoms. The van der Waals surface area contributed by atoms with Gasteiger partial charge in [0.25, 0.3) is 0 Å². The van der Waals surface area contributed by atoms with Crippen LogP contribution >= 0.6 is 0 Å². The zero-order chi connectivity index (χ0) is 23.0. The van der Waals surface area contributed by atoms with Gasteiger partial charge in [-0.2, -0.15) is 43.2 Å². The SMILES string of the molecule is CC1(Cc2ccccc2)C(OS(=O)(=O)C(F)(F)F)=CCC=C1OS(=O)(=O)C(F)(F)F. The summed E-state index contributed by atoms with van der Waals surface area (Å²) >= 11 is 0. The van der Waals surface area contributed by atoms with Crippen LogP contribution in [0.2, 0.25) is 0 Å². The largest absolute Gasteiger partial charge is 0.534 e. The molecule has 0 bridgehead atoms. The predicted molar refractivity (Wildman–Crippen MR) is 91.2 cm³/mol. The Morgan fingerprint density at radius 3 is 1.60 bits per heavy atom. The highest BCUT2D eigenvalue weighted by atomic mass is 32.2. The van der Waals surface area contributed by atoms with Crippen molar-refractivity contribution in [3.8, 4) is 0 Å². The Morgan fingerprint density at radius 2 is 1.23 bits per heavy atom. The van der Waals surface area contributed by atoms with Crippen LogP contribution < -0.4 is 0 Å². The van der Waals surface area contributed by atoms with Crippen LogP contribution in [0, 0.1) is 5.41 Å². The average molecular weight is 480 g/mol. The third-order valence-electron chi connectivity index (χ3n) is 4.06. The van der Waals surface area contributed by atoms with Gasteiger partial charge < -0.3 is 8.37 Å². The molecule has 1 aliphatic carbocycles. The third kappa shape index (κ3) is 4.91. The monoisotopic (exact) mass is 480 g/mol. The van der Waals surface area contributed by atoms with Crippen LogP contribution in [0.15, 0.2) is 54.0 Å². The molecule has 2 rings (SSSR count). The lowest BCUT2D eigenvalue weighted by Crippen LogP contribution is -2.36. The molecule has 0 unspecified atom stereocenters. The van der Waals surface area contributed by atoms with Gasteiger partial charge in [0.15, 0.2) is 0 Å². The van der Waals surface area contributed by atoms with Crippen molar-refractivity contribution in [1.29, 1.82) is 0 Å². The molecule has 168 valence electrons. The zero-order valence-electron chi connectivity index (χ0n) is 15.0. The summed E-state index contributed by atoms with van der Waals surface area (Å²) in [6.07, 6.45) is 0.917. The Morgan fingerprint density at radius 1 is 0.833 bits per heavy atom. The number of halogens is 6. The highest BCUT2D eigenvalue weighted by Crippen LogP contribution is 2.46. The van der Waals surface area contributed by atoms with E-state index < -0.39 is 61.0 Å². The molecule has 30 heavy (non-hydrogen) atoms. The van der Waals surface area contributed by atoms with Crippen molar-refractivity contribution in [2.45, 2.75) is 30.8 Å². The van der Waals surface area contributed by atoms with Crippen molar-refractivity contribution in [1.82, 2.24) is 0 Å². The normalized spacial score (nSPS) is 17.7. The van der Waals surface area contributed by atoms with Crippen LogP contribution in [0.4, 0.5) is 26.3 Å². The summed E-state index contributed by atoms with van der Waals surface area (Å²) in [6.45, 7) is 1.01. The minimum Gasteiger partial charge on any atom is -0.380 e. The number of allylic oxidation sites excluding steroid dienone is 2. The van der Waals surface area contributed by atoms with Gasteiger partial charge in [-0.25, -0.2) is 0 Å². The van der Waals surface area contributed by atoms with Gasteiger partial charge in [0.2, 0.25) is 0 Å². The maximum atomic E-state index is 12.8. The topological polar surface area (TPSA) is 86.7 Å². The van der Waals surface area contributed by atoms with Crippen LogP contribution in [0.1, 0.15) is 18.9 Å². The number of alkyl halides is 6. The quantitative estimate of drug-likeness (QED) is 0.346. The summed E-state index contributed by atoms with van der Waals surface area (Å²) in [5.74, 6) is -1.84.